The zero-order valence-electron chi connectivity index (χ0n) is 12.7. The molecule has 0 atom stereocenters. The lowest BCUT2D eigenvalue weighted by Crippen LogP contribution is -2.44. The summed E-state index contributed by atoms with van der Waals surface area (Å²) in [7, 11) is 3.11. The molecule has 2 N–H and O–H groups in total. The van der Waals surface area contributed by atoms with Gasteiger partial charge < -0.3 is 19.9 Å². The Morgan fingerprint density at radius 1 is 1.25 bits per heavy atom. The SMILES string of the molecule is COc1cc(C(=O)NC(C)(C)CCO)cc(OC)c1C. The van der Waals surface area contributed by atoms with Crippen molar-refractivity contribution in [3.05, 3.63) is 23.3 Å². The van der Waals surface area contributed by atoms with E-state index in [0.717, 1.165) is 5.56 Å². The standard InChI is InChI=1S/C15H23NO4/c1-10-12(19-4)8-11(9-13(10)20-5)14(18)16-15(2,3)6-7-17/h8-9,17H,6-7H2,1-5H3,(H,16,18). The topological polar surface area (TPSA) is 67.8 Å². The van der Waals surface area contributed by atoms with Crippen molar-refractivity contribution >= 4 is 5.91 Å². The number of aliphatic hydroxyl groups excluding tert-OH is 1. The van der Waals surface area contributed by atoms with Crippen molar-refractivity contribution in [3.63, 3.8) is 0 Å². The Hall–Kier alpha value is -1.75. The van der Waals surface area contributed by atoms with Crippen LogP contribution in [0, 0.1) is 6.92 Å². The quantitative estimate of drug-likeness (QED) is 0.835. The van der Waals surface area contributed by atoms with Crippen molar-refractivity contribution in [1.29, 1.82) is 0 Å². The van der Waals surface area contributed by atoms with Gasteiger partial charge in [-0.15, -0.1) is 0 Å². The molecule has 0 spiro atoms. The molecule has 20 heavy (non-hydrogen) atoms. The second kappa shape index (κ2) is 6.61. The van der Waals surface area contributed by atoms with Crippen molar-refractivity contribution in [1.82, 2.24) is 5.32 Å². The Morgan fingerprint density at radius 2 is 1.75 bits per heavy atom. The zero-order valence-corrected chi connectivity index (χ0v) is 12.7. The minimum atomic E-state index is -0.475. The summed E-state index contributed by atoms with van der Waals surface area (Å²) in [6.45, 7) is 5.62. The van der Waals surface area contributed by atoms with E-state index in [1.54, 1.807) is 26.4 Å². The van der Waals surface area contributed by atoms with E-state index in [4.69, 9.17) is 14.6 Å². The third-order valence-corrected chi connectivity index (χ3v) is 3.20. The van der Waals surface area contributed by atoms with Gasteiger partial charge in [-0.2, -0.15) is 0 Å². The summed E-state index contributed by atoms with van der Waals surface area (Å²) >= 11 is 0. The smallest absolute Gasteiger partial charge is 0.251 e. The molecule has 0 radical (unpaired) electrons. The fourth-order valence-corrected chi connectivity index (χ4v) is 1.94. The van der Waals surface area contributed by atoms with E-state index in [0.29, 0.717) is 23.5 Å². The summed E-state index contributed by atoms with van der Waals surface area (Å²) in [5.74, 6) is 0.990. The van der Waals surface area contributed by atoms with Crippen LogP contribution in [0.1, 0.15) is 36.2 Å². The third kappa shape index (κ3) is 3.87. The van der Waals surface area contributed by atoms with E-state index in [1.165, 1.54) is 0 Å². The Bertz CT molecular complexity index is 458. The molecular formula is C15H23NO4. The zero-order chi connectivity index (χ0) is 15.3. The number of aliphatic hydroxyl groups is 1. The molecule has 0 saturated carbocycles. The first-order valence-electron chi connectivity index (χ1n) is 6.50. The largest absolute Gasteiger partial charge is 0.496 e. The van der Waals surface area contributed by atoms with Gasteiger partial charge in [0.05, 0.1) is 14.2 Å². The van der Waals surface area contributed by atoms with Gasteiger partial charge in [0, 0.05) is 23.3 Å². The molecule has 1 aromatic carbocycles. The number of nitrogens with one attached hydrogen (secondary N) is 1. The highest BCUT2D eigenvalue weighted by Gasteiger charge is 2.22. The van der Waals surface area contributed by atoms with Gasteiger partial charge in [-0.25, -0.2) is 0 Å². The van der Waals surface area contributed by atoms with Crippen molar-refractivity contribution in [2.75, 3.05) is 20.8 Å². The Labute approximate surface area is 119 Å². The predicted molar refractivity (Wildman–Crippen MR) is 77.5 cm³/mol. The molecule has 0 aliphatic rings. The monoisotopic (exact) mass is 281 g/mol. The molecule has 1 rings (SSSR count). The van der Waals surface area contributed by atoms with Gasteiger partial charge in [0.1, 0.15) is 11.5 Å². The molecular weight excluding hydrogens is 258 g/mol. The summed E-state index contributed by atoms with van der Waals surface area (Å²) in [5.41, 5.74) is 0.841. The molecule has 0 heterocycles. The maximum Gasteiger partial charge on any atom is 0.251 e. The molecule has 1 aromatic rings. The molecule has 0 aliphatic carbocycles. The van der Waals surface area contributed by atoms with Gasteiger partial charge in [0.25, 0.3) is 5.91 Å². The molecule has 5 heteroatoms. The fourth-order valence-electron chi connectivity index (χ4n) is 1.94. The van der Waals surface area contributed by atoms with Crippen LogP contribution in [0.25, 0.3) is 0 Å². The van der Waals surface area contributed by atoms with Gasteiger partial charge in [-0.05, 0) is 39.3 Å². The van der Waals surface area contributed by atoms with Crippen LogP contribution in [0.2, 0.25) is 0 Å². The van der Waals surface area contributed by atoms with Crippen molar-refractivity contribution in [2.24, 2.45) is 0 Å². The molecule has 5 nitrogen and oxygen atoms in total. The minimum Gasteiger partial charge on any atom is -0.496 e. The first-order chi connectivity index (χ1) is 9.34. The predicted octanol–water partition coefficient (Wildman–Crippen LogP) is 1.90. The summed E-state index contributed by atoms with van der Waals surface area (Å²) < 4.78 is 10.5. The highest BCUT2D eigenvalue weighted by Crippen LogP contribution is 2.29. The first kappa shape index (κ1) is 16.3. The van der Waals surface area contributed by atoms with E-state index in [9.17, 15) is 4.79 Å². The number of carbonyl (C=O) groups excluding carboxylic acids is 1. The Balaban J connectivity index is 3.04. The van der Waals surface area contributed by atoms with E-state index in [1.807, 2.05) is 20.8 Å². The van der Waals surface area contributed by atoms with Gasteiger partial charge in [-0.1, -0.05) is 0 Å². The lowest BCUT2D eigenvalue weighted by atomic mass is 10.00. The molecule has 0 unspecified atom stereocenters. The van der Waals surface area contributed by atoms with Crippen LogP contribution in [-0.4, -0.2) is 37.4 Å². The van der Waals surface area contributed by atoms with Gasteiger partial charge in [-0.3, -0.25) is 4.79 Å². The molecule has 0 bridgehead atoms. The molecule has 112 valence electrons. The average Bonchev–Trinajstić information content (AvgIpc) is 2.38. The Morgan fingerprint density at radius 3 is 2.15 bits per heavy atom. The molecule has 0 aromatic heterocycles. The number of methoxy groups -OCH3 is 2. The molecule has 0 aliphatic heterocycles. The summed E-state index contributed by atoms with van der Waals surface area (Å²) in [4.78, 5) is 12.3. The highest BCUT2D eigenvalue weighted by molar-refractivity contribution is 5.95. The van der Waals surface area contributed by atoms with Gasteiger partial charge >= 0.3 is 0 Å². The van der Waals surface area contributed by atoms with Crippen LogP contribution >= 0.6 is 0 Å². The number of rotatable bonds is 6. The maximum absolute atomic E-state index is 12.3. The molecule has 1 amide bonds. The highest BCUT2D eigenvalue weighted by atomic mass is 16.5. The van der Waals surface area contributed by atoms with Crippen LogP contribution in [0.4, 0.5) is 0 Å². The van der Waals surface area contributed by atoms with E-state index in [2.05, 4.69) is 5.32 Å². The van der Waals surface area contributed by atoms with Crippen LogP contribution in [0.3, 0.4) is 0 Å². The number of hydrogen-bond donors (Lipinski definition) is 2. The van der Waals surface area contributed by atoms with Gasteiger partial charge in [0.2, 0.25) is 0 Å². The normalized spacial score (nSPS) is 11.1. The molecule has 0 fully saturated rings. The van der Waals surface area contributed by atoms with E-state index in [-0.39, 0.29) is 12.5 Å². The number of hydrogen-bond acceptors (Lipinski definition) is 4. The lowest BCUT2D eigenvalue weighted by molar-refractivity contribution is 0.0898. The van der Waals surface area contributed by atoms with E-state index >= 15 is 0 Å². The average molecular weight is 281 g/mol. The summed E-state index contributed by atoms with van der Waals surface area (Å²) in [6.07, 6.45) is 0.485. The second-order valence-electron chi connectivity index (χ2n) is 5.32. The Kier molecular flexibility index (Phi) is 5.39. The van der Waals surface area contributed by atoms with Crippen molar-refractivity contribution in [2.45, 2.75) is 32.7 Å². The fraction of sp³-hybridized carbons (Fsp3) is 0.533. The first-order valence-corrected chi connectivity index (χ1v) is 6.50. The van der Waals surface area contributed by atoms with Crippen LogP contribution in [0.5, 0.6) is 11.5 Å². The van der Waals surface area contributed by atoms with E-state index < -0.39 is 5.54 Å². The number of carbonyl (C=O) groups is 1. The maximum atomic E-state index is 12.3. The van der Waals surface area contributed by atoms with Gasteiger partial charge in [0.15, 0.2) is 0 Å². The molecule has 0 saturated heterocycles. The second-order valence-corrected chi connectivity index (χ2v) is 5.32. The number of amides is 1. The van der Waals surface area contributed by atoms with Crippen LogP contribution in [-0.2, 0) is 0 Å². The van der Waals surface area contributed by atoms with Crippen LogP contribution in [0.15, 0.2) is 12.1 Å². The van der Waals surface area contributed by atoms with Crippen LogP contribution < -0.4 is 14.8 Å². The minimum absolute atomic E-state index is 0.0216. The van der Waals surface area contributed by atoms with Crippen molar-refractivity contribution in [3.8, 4) is 11.5 Å². The number of ether oxygens (including phenoxy) is 2. The summed E-state index contributed by atoms with van der Waals surface area (Å²) in [6, 6.07) is 3.37. The third-order valence-electron chi connectivity index (χ3n) is 3.20. The van der Waals surface area contributed by atoms with Crippen molar-refractivity contribution < 1.29 is 19.4 Å². The lowest BCUT2D eigenvalue weighted by Gasteiger charge is -2.25. The number of benzene rings is 1. The summed E-state index contributed by atoms with van der Waals surface area (Å²) in [5, 5.41) is 11.9.